The molecule has 3 heterocycles. The van der Waals surface area contributed by atoms with Crippen molar-refractivity contribution in [1.82, 2.24) is 20.3 Å². The molecule has 1 N–H and O–H groups in total. The molecule has 0 spiro atoms. The van der Waals surface area contributed by atoms with E-state index in [-0.39, 0.29) is 5.91 Å². The Balaban J connectivity index is 1.51. The van der Waals surface area contributed by atoms with E-state index in [1.165, 1.54) is 25.5 Å². The van der Waals surface area contributed by atoms with Gasteiger partial charge in [0.15, 0.2) is 0 Å². The largest absolute Gasteiger partial charge is 0.476 e. The van der Waals surface area contributed by atoms with Crippen LogP contribution in [-0.4, -0.2) is 47.1 Å². The number of hydrogen-bond acceptors (Lipinski definition) is 6. The number of anilines is 1. The Hall–Kier alpha value is -2.70. The van der Waals surface area contributed by atoms with E-state index >= 15 is 0 Å². The number of aryl methyl sites for hydroxylation is 1. The van der Waals surface area contributed by atoms with E-state index in [0.29, 0.717) is 30.4 Å². The van der Waals surface area contributed by atoms with Crippen LogP contribution in [0.3, 0.4) is 0 Å². The quantitative estimate of drug-likeness (QED) is 0.809. The molecule has 1 saturated heterocycles. The lowest BCUT2D eigenvalue weighted by Gasteiger charge is -2.28. The number of nitrogens with one attached hydrogen (secondary N) is 1. The van der Waals surface area contributed by atoms with E-state index in [4.69, 9.17) is 4.74 Å². The maximum Gasteiger partial charge on any atom is 0.252 e. The fraction of sp³-hybridized carbons (Fsp3) is 0.444. The van der Waals surface area contributed by atoms with Crippen molar-refractivity contribution < 1.29 is 9.53 Å². The molecule has 1 amide bonds. The molecule has 3 rings (SSSR count). The Labute approximate surface area is 147 Å². The van der Waals surface area contributed by atoms with Crippen molar-refractivity contribution in [3.05, 3.63) is 42.0 Å². The molecular formula is C18H23N5O2. The number of pyridine rings is 1. The molecule has 1 aliphatic heterocycles. The molecule has 1 fully saturated rings. The number of ether oxygens (including phenoxy) is 1. The highest BCUT2D eigenvalue weighted by Gasteiger charge is 2.14. The van der Waals surface area contributed by atoms with Gasteiger partial charge in [0.2, 0.25) is 5.88 Å². The molecular weight excluding hydrogens is 318 g/mol. The van der Waals surface area contributed by atoms with Crippen molar-refractivity contribution in [2.45, 2.75) is 26.2 Å². The van der Waals surface area contributed by atoms with Crippen LogP contribution >= 0.6 is 0 Å². The van der Waals surface area contributed by atoms with Gasteiger partial charge in [0.1, 0.15) is 18.2 Å². The number of aromatic nitrogens is 3. The number of nitrogens with zero attached hydrogens (tertiary/aromatic N) is 4. The second kappa shape index (κ2) is 8.41. The van der Waals surface area contributed by atoms with Gasteiger partial charge in [-0.15, -0.1) is 0 Å². The van der Waals surface area contributed by atoms with Gasteiger partial charge in [-0.3, -0.25) is 9.78 Å². The Morgan fingerprint density at radius 2 is 2.12 bits per heavy atom. The van der Waals surface area contributed by atoms with Gasteiger partial charge in [-0.2, -0.15) is 4.98 Å². The summed E-state index contributed by atoms with van der Waals surface area (Å²) in [5, 5.41) is 2.80. The molecule has 0 unspecified atom stereocenters. The minimum absolute atomic E-state index is 0.162. The lowest BCUT2D eigenvalue weighted by molar-refractivity contribution is 0.0946. The molecule has 2 aromatic heterocycles. The molecule has 2 aromatic rings. The van der Waals surface area contributed by atoms with Gasteiger partial charge in [0.25, 0.3) is 5.91 Å². The standard InChI is InChI=1S/C18H23N5O2/c1-14-21-16(23-9-3-2-4-10-23)12-17(22-14)25-11-8-20-18(24)15-6-5-7-19-13-15/h5-7,12-13H,2-4,8-11H2,1H3,(H,20,24). The average Bonchev–Trinajstić information content (AvgIpc) is 2.66. The SMILES string of the molecule is Cc1nc(OCCNC(=O)c2cccnc2)cc(N2CCCCC2)n1. The zero-order valence-electron chi connectivity index (χ0n) is 14.4. The number of carbonyl (C=O) groups is 1. The molecule has 0 aliphatic carbocycles. The van der Waals surface area contributed by atoms with Gasteiger partial charge in [-0.25, -0.2) is 4.98 Å². The van der Waals surface area contributed by atoms with Crippen molar-refractivity contribution in [3.63, 3.8) is 0 Å². The first-order valence-corrected chi connectivity index (χ1v) is 8.64. The predicted molar refractivity (Wildman–Crippen MR) is 94.9 cm³/mol. The van der Waals surface area contributed by atoms with Crippen LogP contribution in [0.15, 0.2) is 30.6 Å². The summed E-state index contributed by atoms with van der Waals surface area (Å²) in [6, 6.07) is 5.33. The van der Waals surface area contributed by atoms with Crippen molar-refractivity contribution in [3.8, 4) is 5.88 Å². The third-order valence-electron chi connectivity index (χ3n) is 4.04. The monoisotopic (exact) mass is 341 g/mol. The molecule has 7 heteroatoms. The van der Waals surface area contributed by atoms with Crippen LogP contribution < -0.4 is 15.0 Å². The summed E-state index contributed by atoms with van der Waals surface area (Å²) in [5.41, 5.74) is 0.535. The summed E-state index contributed by atoms with van der Waals surface area (Å²) in [5.74, 6) is 1.99. The van der Waals surface area contributed by atoms with Crippen molar-refractivity contribution in [1.29, 1.82) is 0 Å². The summed E-state index contributed by atoms with van der Waals surface area (Å²) >= 11 is 0. The predicted octanol–water partition coefficient (Wildman–Crippen LogP) is 1.98. The second-order valence-electron chi connectivity index (χ2n) is 6.01. The highest BCUT2D eigenvalue weighted by molar-refractivity contribution is 5.93. The normalized spacial score (nSPS) is 14.2. The number of carbonyl (C=O) groups excluding carboxylic acids is 1. The maximum atomic E-state index is 11.9. The van der Waals surface area contributed by atoms with Crippen LogP contribution in [0.2, 0.25) is 0 Å². The molecule has 0 aromatic carbocycles. The Morgan fingerprint density at radius 1 is 1.28 bits per heavy atom. The van der Waals surface area contributed by atoms with Gasteiger partial charge >= 0.3 is 0 Å². The number of amides is 1. The lowest BCUT2D eigenvalue weighted by atomic mass is 10.1. The first kappa shape index (κ1) is 17.1. The molecule has 132 valence electrons. The van der Waals surface area contributed by atoms with E-state index in [1.807, 2.05) is 13.0 Å². The average molecular weight is 341 g/mol. The first-order chi connectivity index (χ1) is 12.2. The molecule has 25 heavy (non-hydrogen) atoms. The van der Waals surface area contributed by atoms with Crippen molar-refractivity contribution in [2.75, 3.05) is 31.1 Å². The van der Waals surface area contributed by atoms with Crippen LogP contribution in [0.25, 0.3) is 0 Å². The Morgan fingerprint density at radius 3 is 2.88 bits per heavy atom. The van der Waals surface area contributed by atoms with Crippen LogP contribution in [0, 0.1) is 6.92 Å². The Kier molecular flexibility index (Phi) is 5.77. The highest BCUT2D eigenvalue weighted by atomic mass is 16.5. The summed E-state index contributed by atoms with van der Waals surface area (Å²) in [4.78, 5) is 27.0. The fourth-order valence-electron chi connectivity index (χ4n) is 2.80. The molecule has 1 aliphatic rings. The molecule has 0 bridgehead atoms. The third-order valence-corrected chi connectivity index (χ3v) is 4.04. The highest BCUT2D eigenvalue weighted by Crippen LogP contribution is 2.21. The third kappa shape index (κ3) is 4.89. The van der Waals surface area contributed by atoms with E-state index < -0.39 is 0 Å². The van der Waals surface area contributed by atoms with E-state index in [1.54, 1.807) is 18.3 Å². The van der Waals surface area contributed by atoms with Crippen LogP contribution in [-0.2, 0) is 0 Å². The zero-order valence-corrected chi connectivity index (χ0v) is 14.4. The van der Waals surface area contributed by atoms with Crippen LogP contribution in [0.5, 0.6) is 5.88 Å². The van der Waals surface area contributed by atoms with Gasteiger partial charge in [-0.05, 0) is 38.3 Å². The van der Waals surface area contributed by atoms with Crippen molar-refractivity contribution in [2.24, 2.45) is 0 Å². The van der Waals surface area contributed by atoms with Crippen LogP contribution in [0.1, 0.15) is 35.4 Å². The van der Waals surface area contributed by atoms with Gasteiger partial charge in [-0.1, -0.05) is 0 Å². The van der Waals surface area contributed by atoms with E-state index in [0.717, 1.165) is 18.9 Å². The zero-order chi connectivity index (χ0) is 17.5. The maximum absolute atomic E-state index is 11.9. The fourth-order valence-corrected chi connectivity index (χ4v) is 2.80. The summed E-state index contributed by atoms with van der Waals surface area (Å²) < 4.78 is 5.70. The minimum Gasteiger partial charge on any atom is -0.476 e. The van der Waals surface area contributed by atoms with Gasteiger partial charge in [0.05, 0.1) is 12.1 Å². The van der Waals surface area contributed by atoms with Gasteiger partial charge < -0.3 is 15.0 Å². The molecule has 0 atom stereocenters. The number of hydrogen-bond donors (Lipinski definition) is 1. The molecule has 7 nitrogen and oxygen atoms in total. The topological polar surface area (TPSA) is 80.2 Å². The summed E-state index contributed by atoms with van der Waals surface area (Å²) in [6.07, 6.45) is 6.84. The number of piperidine rings is 1. The summed E-state index contributed by atoms with van der Waals surface area (Å²) in [7, 11) is 0. The van der Waals surface area contributed by atoms with E-state index in [2.05, 4.69) is 25.2 Å². The summed E-state index contributed by atoms with van der Waals surface area (Å²) in [6.45, 7) is 4.66. The smallest absolute Gasteiger partial charge is 0.252 e. The van der Waals surface area contributed by atoms with Gasteiger partial charge in [0, 0.05) is 31.5 Å². The number of rotatable bonds is 6. The lowest BCUT2D eigenvalue weighted by Crippen LogP contribution is -2.30. The molecule has 0 radical (unpaired) electrons. The molecule has 0 saturated carbocycles. The first-order valence-electron chi connectivity index (χ1n) is 8.64. The van der Waals surface area contributed by atoms with Crippen molar-refractivity contribution >= 4 is 11.7 Å². The second-order valence-corrected chi connectivity index (χ2v) is 6.01. The van der Waals surface area contributed by atoms with E-state index in [9.17, 15) is 4.79 Å². The van der Waals surface area contributed by atoms with Crippen LogP contribution in [0.4, 0.5) is 5.82 Å². The minimum atomic E-state index is -0.162. The Bertz CT molecular complexity index is 702.